The summed E-state index contributed by atoms with van der Waals surface area (Å²) in [6.07, 6.45) is 0. The summed E-state index contributed by atoms with van der Waals surface area (Å²) in [5, 5.41) is 0. The summed E-state index contributed by atoms with van der Waals surface area (Å²) in [5.74, 6) is -0.0966. The number of hydrogen-bond acceptors (Lipinski definition) is 4. The van der Waals surface area contributed by atoms with E-state index < -0.39 is 0 Å². The molecule has 2 aromatic carbocycles. The third-order valence-corrected chi connectivity index (χ3v) is 5.97. The molecule has 6 heteroatoms. The largest absolute Gasteiger partial charge is 0.369 e. The number of imide groups is 1. The van der Waals surface area contributed by atoms with Crippen LogP contribution in [0.2, 0.25) is 0 Å². The fraction of sp³-hybridized carbons (Fsp3) is 0.391. The molecule has 152 valence electrons. The summed E-state index contributed by atoms with van der Waals surface area (Å²) in [6.45, 7) is 7.13. The Morgan fingerprint density at radius 3 is 2.10 bits per heavy atom. The van der Waals surface area contributed by atoms with Gasteiger partial charge in [0.15, 0.2) is 0 Å². The molecule has 4 rings (SSSR count). The van der Waals surface area contributed by atoms with E-state index >= 15 is 0 Å². The molecule has 2 aromatic rings. The first-order valence-corrected chi connectivity index (χ1v) is 10.3. The van der Waals surface area contributed by atoms with E-state index in [1.807, 2.05) is 43.3 Å². The lowest BCUT2D eigenvalue weighted by atomic mass is 10.1. The second kappa shape index (κ2) is 8.66. The fourth-order valence-corrected chi connectivity index (χ4v) is 4.10. The molecule has 2 aliphatic heterocycles. The second-order valence-electron chi connectivity index (χ2n) is 7.71. The van der Waals surface area contributed by atoms with Crippen molar-refractivity contribution in [3.8, 4) is 0 Å². The number of para-hydroxylation sites is 1. The summed E-state index contributed by atoms with van der Waals surface area (Å²) in [6, 6.07) is 20.0. The first-order valence-electron chi connectivity index (χ1n) is 10.3. The summed E-state index contributed by atoms with van der Waals surface area (Å²) >= 11 is 0. The van der Waals surface area contributed by atoms with Crippen LogP contribution in [0.25, 0.3) is 0 Å². The lowest BCUT2D eigenvalue weighted by molar-refractivity contribution is -0.125. The molecule has 6 nitrogen and oxygen atoms in total. The second-order valence-corrected chi connectivity index (χ2v) is 7.71. The molecular weight excluding hydrogens is 364 g/mol. The maximum atomic E-state index is 12.8. The summed E-state index contributed by atoms with van der Waals surface area (Å²) < 4.78 is 0. The van der Waals surface area contributed by atoms with E-state index in [1.54, 1.807) is 4.90 Å². The maximum Gasteiger partial charge on any atom is 0.327 e. The molecule has 3 amide bonds. The van der Waals surface area contributed by atoms with Crippen LogP contribution in [0.3, 0.4) is 0 Å². The SMILES string of the molecule is CC(c1ccccc1)N1CC(=O)N(CCN2CCN(c3ccccc3)CC2)C1=O. The number of carbonyl (C=O) groups is 2. The van der Waals surface area contributed by atoms with Crippen LogP contribution in [0.15, 0.2) is 60.7 Å². The summed E-state index contributed by atoms with van der Waals surface area (Å²) in [7, 11) is 0. The van der Waals surface area contributed by atoms with Crippen molar-refractivity contribution in [1.29, 1.82) is 0 Å². The van der Waals surface area contributed by atoms with E-state index in [2.05, 4.69) is 34.1 Å². The minimum atomic E-state index is -0.172. The Labute approximate surface area is 172 Å². The first-order chi connectivity index (χ1) is 14.1. The lowest BCUT2D eigenvalue weighted by Crippen LogP contribution is -2.49. The van der Waals surface area contributed by atoms with Gasteiger partial charge in [-0.15, -0.1) is 0 Å². The van der Waals surface area contributed by atoms with Crippen molar-refractivity contribution in [3.63, 3.8) is 0 Å². The van der Waals surface area contributed by atoms with Crippen LogP contribution >= 0.6 is 0 Å². The number of piperazine rings is 1. The van der Waals surface area contributed by atoms with Gasteiger partial charge in [0.1, 0.15) is 6.54 Å². The predicted molar refractivity (Wildman–Crippen MR) is 114 cm³/mol. The van der Waals surface area contributed by atoms with Crippen LogP contribution in [0.5, 0.6) is 0 Å². The van der Waals surface area contributed by atoms with Crippen molar-refractivity contribution >= 4 is 17.6 Å². The molecule has 0 saturated carbocycles. The molecule has 0 bridgehead atoms. The molecule has 0 radical (unpaired) electrons. The van der Waals surface area contributed by atoms with E-state index in [-0.39, 0.29) is 24.5 Å². The highest BCUT2D eigenvalue weighted by Crippen LogP contribution is 2.25. The third kappa shape index (κ3) is 4.27. The Kier molecular flexibility index (Phi) is 5.81. The van der Waals surface area contributed by atoms with Crippen molar-refractivity contribution in [2.24, 2.45) is 0 Å². The number of hydrogen-bond donors (Lipinski definition) is 0. The number of carbonyl (C=O) groups excluding carboxylic acids is 2. The average Bonchev–Trinajstić information content (AvgIpc) is 3.06. The van der Waals surface area contributed by atoms with Crippen LogP contribution in [0, 0.1) is 0 Å². The Balaban J connectivity index is 1.29. The topological polar surface area (TPSA) is 47.1 Å². The van der Waals surface area contributed by atoms with Crippen LogP contribution in [0.4, 0.5) is 10.5 Å². The molecule has 0 aromatic heterocycles. The van der Waals surface area contributed by atoms with Gasteiger partial charge in [0.25, 0.3) is 0 Å². The molecule has 1 unspecified atom stereocenters. The smallest absolute Gasteiger partial charge is 0.327 e. The Hall–Kier alpha value is -2.86. The number of anilines is 1. The molecule has 2 fully saturated rings. The standard InChI is InChI=1S/C23H28N4O2/c1-19(20-8-4-2-5-9-20)27-18-22(28)26(23(27)29)17-14-24-12-15-25(16-13-24)21-10-6-3-7-11-21/h2-11,19H,12-18H2,1H3. The van der Waals surface area contributed by atoms with Crippen molar-refractivity contribution in [1.82, 2.24) is 14.7 Å². The van der Waals surface area contributed by atoms with E-state index in [1.165, 1.54) is 10.6 Å². The van der Waals surface area contributed by atoms with Crippen molar-refractivity contribution in [2.45, 2.75) is 13.0 Å². The van der Waals surface area contributed by atoms with Gasteiger partial charge in [-0.1, -0.05) is 48.5 Å². The molecule has 0 aliphatic carbocycles. The Morgan fingerprint density at radius 2 is 1.45 bits per heavy atom. The van der Waals surface area contributed by atoms with Crippen molar-refractivity contribution in [2.75, 3.05) is 50.7 Å². The predicted octanol–water partition coefficient (Wildman–Crippen LogP) is 2.83. The summed E-state index contributed by atoms with van der Waals surface area (Å²) in [4.78, 5) is 33.1. The number of amides is 3. The zero-order valence-corrected chi connectivity index (χ0v) is 16.9. The summed E-state index contributed by atoms with van der Waals surface area (Å²) in [5.41, 5.74) is 2.30. The van der Waals surface area contributed by atoms with Gasteiger partial charge in [-0.2, -0.15) is 0 Å². The maximum absolute atomic E-state index is 12.8. The van der Waals surface area contributed by atoms with Gasteiger partial charge in [-0.05, 0) is 24.6 Å². The monoisotopic (exact) mass is 392 g/mol. The van der Waals surface area contributed by atoms with Crippen molar-refractivity contribution in [3.05, 3.63) is 66.2 Å². The van der Waals surface area contributed by atoms with E-state index in [0.29, 0.717) is 6.54 Å². The molecule has 2 heterocycles. The molecular formula is C23H28N4O2. The zero-order chi connectivity index (χ0) is 20.2. The van der Waals surface area contributed by atoms with Crippen molar-refractivity contribution < 1.29 is 9.59 Å². The minimum Gasteiger partial charge on any atom is -0.369 e. The molecule has 29 heavy (non-hydrogen) atoms. The van der Waals surface area contributed by atoms with E-state index in [0.717, 1.165) is 38.3 Å². The van der Waals surface area contributed by atoms with Gasteiger partial charge in [-0.25, -0.2) is 4.79 Å². The van der Waals surface area contributed by atoms with Crippen LogP contribution < -0.4 is 4.90 Å². The van der Waals surface area contributed by atoms with E-state index in [9.17, 15) is 9.59 Å². The highest BCUT2D eigenvalue weighted by molar-refractivity contribution is 6.02. The minimum absolute atomic E-state index is 0.0966. The van der Waals surface area contributed by atoms with Crippen LogP contribution in [-0.2, 0) is 4.79 Å². The van der Waals surface area contributed by atoms with Gasteiger partial charge in [-0.3, -0.25) is 14.6 Å². The number of nitrogens with zero attached hydrogens (tertiary/aromatic N) is 4. The number of benzene rings is 2. The van der Waals surface area contributed by atoms with Gasteiger partial charge in [0.05, 0.1) is 6.04 Å². The number of urea groups is 1. The normalized spacial score (nSPS) is 19.1. The average molecular weight is 393 g/mol. The highest BCUT2D eigenvalue weighted by Gasteiger charge is 2.38. The zero-order valence-electron chi connectivity index (χ0n) is 16.9. The van der Waals surface area contributed by atoms with Crippen LogP contribution in [0.1, 0.15) is 18.5 Å². The van der Waals surface area contributed by atoms with Gasteiger partial charge >= 0.3 is 6.03 Å². The Morgan fingerprint density at radius 1 is 0.828 bits per heavy atom. The molecule has 2 saturated heterocycles. The van der Waals surface area contributed by atoms with Crippen LogP contribution in [-0.4, -0.2) is 72.5 Å². The van der Waals surface area contributed by atoms with Gasteiger partial charge < -0.3 is 9.80 Å². The Bertz CT molecular complexity index is 834. The van der Waals surface area contributed by atoms with Gasteiger partial charge in [0.2, 0.25) is 5.91 Å². The molecule has 0 spiro atoms. The highest BCUT2D eigenvalue weighted by atomic mass is 16.2. The van der Waals surface area contributed by atoms with Gasteiger partial charge in [0, 0.05) is 45.0 Å². The lowest BCUT2D eigenvalue weighted by Gasteiger charge is -2.36. The molecule has 0 N–H and O–H groups in total. The molecule has 2 aliphatic rings. The first kappa shape index (κ1) is 19.5. The van der Waals surface area contributed by atoms with E-state index in [4.69, 9.17) is 0 Å². The fourth-order valence-electron chi connectivity index (χ4n) is 4.10. The molecule has 1 atom stereocenters. The third-order valence-electron chi connectivity index (χ3n) is 5.97. The quantitative estimate of drug-likeness (QED) is 0.710. The number of rotatable bonds is 6.